The molecule has 0 fully saturated rings. The fraction of sp³-hybridized carbons (Fsp3) is 0.625. The standard InChI is InChI=1S/C16H25NO2S/c1-11(20(17,18)19)12-6-7-13-14(10-12)16(4,5)9-8-15(13,2)3/h6-7,10-11H,8-9H2,1-5H3,(H2,17,18,19)/t11-/m0/s1. The van der Waals surface area contributed by atoms with Gasteiger partial charge in [0.1, 0.15) is 0 Å². The van der Waals surface area contributed by atoms with Gasteiger partial charge in [0.05, 0.1) is 5.25 Å². The van der Waals surface area contributed by atoms with Crippen molar-refractivity contribution < 1.29 is 8.42 Å². The summed E-state index contributed by atoms with van der Waals surface area (Å²) >= 11 is 0. The lowest BCUT2D eigenvalue weighted by Gasteiger charge is -2.42. The first-order valence-electron chi connectivity index (χ1n) is 7.12. The second-order valence-electron chi connectivity index (χ2n) is 7.30. The number of primary sulfonamides is 1. The second-order valence-corrected chi connectivity index (χ2v) is 9.19. The lowest BCUT2D eigenvalue weighted by molar-refractivity contribution is 0.331. The number of nitrogens with two attached hydrogens (primary N) is 1. The van der Waals surface area contributed by atoms with Crippen molar-refractivity contribution in [2.24, 2.45) is 5.14 Å². The molecule has 0 radical (unpaired) electrons. The number of hydrogen-bond donors (Lipinski definition) is 1. The van der Waals surface area contributed by atoms with Crippen LogP contribution in [0.15, 0.2) is 18.2 Å². The minimum absolute atomic E-state index is 0.0823. The molecule has 1 aliphatic rings. The van der Waals surface area contributed by atoms with Crippen molar-refractivity contribution in [1.82, 2.24) is 0 Å². The van der Waals surface area contributed by atoms with Crippen LogP contribution in [-0.4, -0.2) is 8.42 Å². The van der Waals surface area contributed by atoms with Crippen molar-refractivity contribution >= 4 is 10.0 Å². The predicted molar refractivity (Wildman–Crippen MR) is 83.3 cm³/mol. The van der Waals surface area contributed by atoms with Crippen molar-refractivity contribution in [2.45, 2.75) is 63.5 Å². The van der Waals surface area contributed by atoms with Crippen LogP contribution in [0.1, 0.15) is 69.4 Å². The first-order valence-corrected chi connectivity index (χ1v) is 8.73. The summed E-state index contributed by atoms with van der Waals surface area (Å²) in [7, 11) is -3.55. The van der Waals surface area contributed by atoms with Crippen LogP contribution >= 0.6 is 0 Å². The predicted octanol–water partition coefficient (Wildman–Crippen LogP) is 3.39. The summed E-state index contributed by atoms with van der Waals surface area (Å²) in [5.74, 6) is 0. The summed E-state index contributed by atoms with van der Waals surface area (Å²) in [5.41, 5.74) is 3.62. The van der Waals surface area contributed by atoms with Crippen LogP contribution in [0.3, 0.4) is 0 Å². The van der Waals surface area contributed by atoms with E-state index in [1.54, 1.807) is 6.92 Å². The summed E-state index contributed by atoms with van der Waals surface area (Å²) in [6, 6.07) is 6.05. The minimum Gasteiger partial charge on any atom is -0.228 e. The van der Waals surface area contributed by atoms with Crippen LogP contribution in [0, 0.1) is 0 Å². The second kappa shape index (κ2) is 4.57. The Labute approximate surface area is 122 Å². The first-order chi connectivity index (χ1) is 8.95. The van der Waals surface area contributed by atoms with E-state index in [0.29, 0.717) is 0 Å². The maximum Gasteiger partial charge on any atom is 0.215 e. The summed E-state index contributed by atoms with van der Waals surface area (Å²) in [6.45, 7) is 10.6. The van der Waals surface area contributed by atoms with E-state index >= 15 is 0 Å². The first kappa shape index (κ1) is 15.5. The molecule has 2 N–H and O–H groups in total. The average molecular weight is 295 g/mol. The fourth-order valence-electron chi connectivity index (χ4n) is 3.05. The molecule has 2 rings (SSSR count). The van der Waals surface area contributed by atoms with Gasteiger partial charge >= 0.3 is 0 Å². The van der Waals surface area contributed by atoms with Crippen LogP contribution in [0.25, 0.3) is 0 Å². The molecule has 0 bridgehead atoms. The van der Waals surface area contributed by atoms with E-state index in [1.807, 2.05) is 12.1 Å². The molecule has 0 aliphatic heterocycles. The molecule has 20 heavy (non-hydrogen) atoms. The Morgan fingerprint density at radius 3 is 2.05 bits per heavy atom. The largest absolute Gasteiger partial charge is 0.228 e. The Balaban J connectivity index is 2.60. The lowest BCUT2D eigenvalue weighted by Crippen LogP contribution is -2.34. The molecule has 112 valence electrons. The topological polar surface area (TPSA) is 60.2 Å². The van der Waals surface area contributed by atoms with Crippen molar-refractivity contribution in [3.8, 4) is 0 Å². The van der Waals surface area contributed by atoms with E-state index in [4.69, 9.17) is 5.14 Å². The molecule has 0 unspecified atom stereocenters. The van der Waals surface area contributed by atoms with E-state index in [1.165, 1.54) is 11.1 Å². The van der Waals surface area contributed by atoms with Gasteiger partial charge in [-0.3, -0.25) is 0 Å². The number of hydrogen-bond acceptors (Lipinski definition) is 2. The highest BCUT2D eigenvalue weighted by Gasteiger charge is 2.37. The van der Waals surface area contributed by atoms with Gasteiger partial charge in [-0.2, -0.15) is 0 Å². The zero-order valence-electron chi connectivity index (χ0n) is 13.0. The maximum absolute atomic E-state index is 11.6. The molecular formula is C16H25NO2S. The summed E-state index contributed by atoms with van der Waals surface area (Å²) < 4.78 is 23.1. The van der Waals surface area contributed by atoms with E-state index in [-0.39, 0.29) is 10.8 Å². The lowest BCUT2D eigenvalue weighted by atomic mass is 9.63. The number of fused-ring (bicyclic) bond motifs is 1. The van der Waals surface area contributed by atoms with Gasteiger partial charge in [-0.05, 0) is 47.3 Å². The molecule has 0 saturated heterocycles. The molecule has 0 saturated carbocycles. The third kappa shape index (κ3) is 2.63. The molecule has 1 atom stereocenters. The van der Waals surface area contributed by atoms with E-state index < -0.39 is 15.3 Å². The van der Waals surface area contributed by atoms with Crippen LogP contribution in [0.2, 0.25) is 0 Å². The van der Waals surface area contributed by atoms with Crippen molar-refractivity contribution in [2.75, 3.05) is 0 Å². The molecule has 0 spiro atoms. The van der Waals surface area contributed by atoms with Gasteiger partial charge in [0.2, 0.25) is 10.0 Å². The van der Waals surface area contributed by atoms with Crippen LogP contribution in [0.5, 0.6) is 0 Å². The Hall–Kier alpha value is -0.870. The summed E-state index contributed by atoms with van der Waals surface area (Å²) in [5, 5.41) is 4.62. The quantitative estimate of drug-likeness (QED) is 0.909. The third-order valence-electron chi connectivity index (χ3n) is 4.84. The molecule has 0 amide bonds. The van der Waals surface area contributed by atoms with Crippen molar-refractivity contribution in [3.05, 3.63) is 34.9 Å². The van der Waals surface area contributed by atoms with Crippen molar-refractivity contribution in [1.29, 1.82) is 0 Å². The SMILES string of the molecule is C[C@@H](c1ccc2c(c1)C(C)(C)CCC2(C)C)S(N)(=O)=O. The Kier molecular flexibility index (Phi) is 3.54. The Morgan fingerprint density at radius 2 is 1.55 bits per heavy atom. The Morgan fingerprint density at radius 1 is 1.05 bits per heavy atom. The minimum atomic E-state index is -3.55. The van der Waals surface area contributed by atoms with Gasteiger partial charge < -0.3 is 0 Å². The molecule has 1 aliphatic carbocycles. The van der Waals surface area contributed by atoms with E-state index in [0.717, 1.165) is 18.4 Å². The molecule has 3 nitrogen and oxygen atoms in total. The van der Waals surface area contributed by atoms with E-state index in [2.05, 4.69) is 33.8 Å². The highest BCUT2D eigenvalue weighted by molar-refractivity contribution is 7.89. The molecule has 4 heteroatoms. The number of sulfonamides is 1. The highest BCUT2D eigenvalue weighted by atomic mass is 32.2. The zero-order valence-corrected chi connectivity index (χ0v) is 13.8. The molecule has 0 heterocycles. The number of benzene rings is 1. The van der Waals surface area contributed by atoms with Gasteiger partial charge in [-0.25, -0.2) is 13.6 Å². The Bertz CT molecular complexity index is 630. The molecule has 0 aromatic heterocycles. The normalized spacial score (nSPS) is 22.1. The monoisotopic (exact) mass is 295 g/mol. The van der Waals surface area contributed by atoms with Gasteiger partial charge in [0.15, 0.2) is 0 Å². The number of rotatable bonds is 2. The molecule has 1 aromatic rings. The summed E-state index contributed by atoms with van der Waals surface area (Å²) in [4.78, 5) is 0. The summed E-state index contributed by atoms with van der Waals surface area (Å²) in [6.07, 6.45) is 2.26. The van der Waals surface area contributed by atoms with Crippen molar-refractivity contribution in [3.63, 3.8) is 0 Å². The van der Waals surface area contributed by atoms with Gasteiger partial charge in [0, 0.05) is 0 Å². The van der Waals surface area contributed by atoms with Crippen LogP contribution in [-0.2, 0) is 20.9 Å². The molecular weight excluding hydrogens is 270 g/mol. The average Bonchev–Trinajstić information content (AvgIpc) is 2.33. The smallest absolute Gasteiger partial charge is 0.215 e. The van der Waals surface area contributed by atoms with Gasteiger partial charge in [0.25, 0.3) is 0 Å². The zero-order chi connectivity index (χ0) is 15.3. The van der Waals surface area contributed by atoms with Crippen LogP contribution < -0.4 is 5.14 Å². The highest BCUT2D eigenvalue weighted by Crippen LogP contribution is 2.46. The van der Waals surface area contributed by atoms with E-state index in [9.17, 15) is 8.42 Å². The van der Waals surface area contributed by atoms with Gasteiger partial charge in [-0.1, -0.05) is 45.9 Å². The van der Waals surface area contributed by atoms with Gasteiger partial charge in [-0.15, -0.1) is 0 Å². The molecule has 1 aromatic carbocycles. The fourth-order valence-corrected chi connectivity index (χ4v) is 3.57. The van der Waals surface area contributed by atoms with Crippen LogP contribution in [0.4, 0.5) is 0 Å². The third-order valence-corrected chi connectivity index (χ3v) is 6.10. The maximum atomic E-state index is 11.6.